The normalized spacial score (nSPS) is 36.3. The average Bonchev–Trinajstić information content (AvgIpc) is 2.39. The van der Waals surface area contributed by atoms with Crippen molar-refractivity contribution in [2.24, 2.45) is 5.41 Å². The van der Waals surface area contributed by atoms with Gasteiger partial charge in [0, 0.05) is 18.5 Å². The number of rotatable bonds is 0. The van der Waals surface area contributed by atoms with Crippen molar-refractivity contribution in [3.63, 3.8) is 0 Å². The molecule has 9 heavy (non-hydrogen) atoms. The summed E-state index contributed by atoms with van der Waals surface area (Å²) in [5.41, 5.74) is 0.125. The zero-order chi connectivity index (χ0) is 5.61. The third kappa shape index (κ3) is 0.945. The van der Waals surface area contributed by atoms with Gasteiger partial charge < -0.3 is 5.32 Å². The van der Waals surface area contributed by atoms with Gasteiger partial charge in [0.1, 0.15) is 6.17 Å². The summed E-state index contributed by atoms with van der Waals surface area (Å²) < 4.78 is 12.7. The van der Waals surface area contributed by atoms with Gasteiger partial charge in [0.05, 0.1) is 0 Å². The summed E-state index contributed by atoms with van der Waals surface area (Å²) in [6.07, 6.45) is 1.69. The lowest BCUT2D eigenvalue weighted by Gasteiger charge is -2.04. The van der Waals surface area contributed by atoms with Gasteiger partial charge >= 0.3 is 0 Å². The second kappa shape index (κ2) is 2.10. The topological polar surface area (TPSA) is 12.0 Å². The second-order valence-electron chi connectivity index (χ2n) is 2.96. The fourth-order valence-electron chi connectivity index (χ4n) is 1.43. The summed E-state index contributed by atoms with van der Waals surface area (Å²) in [7, 11) is 0. The molecule has 1 nitrogen and oxygen atoms in total. The summed E-state index contributed by atoms with van der Waals surface area (Å²) in [5.74, 6) is 0. The first-order valence-corrected chi connectivity index (χ1v) is 3.18. The molecular weight excluding hydrogens is 141 g/mol. The van der Waals surface area contributed by atoms with Crippen molar-refractivity contribution in [1.82, 2.24) is 5.32 Å². The number of hydrogen-bond donors (Lipinski definition) is 1. The van der Waals surface area contributed by atoms with Crippen molar-refractivity contribution in [1.29, 1.82) is 0 Å². The van der Waals surface area contributed by atoms with Crippen molar-refractivity contribution in [2.75, 3.05) is 13.1 Å². The molecule has 2 rings (SSSR count). The van der Waals surface area contributed by atoms with E-state index in [1.165, 1.54) is 0 Å². The standard InChI is InChI=1S/C6H10FN.ClH/c7-5-3-8-4-6(5)1-2-6;/h5,8H,1-4H2;1H. The van der Waals surface area contributed by atoms with Crippen LogP contribution in [0, 0.1) is 5.41 Å². The fraction of sp³-hybridized carbons (Fsp3) is 1.00. The van der Waals surface area contributed by atoms with Crippen molar-refractivity contribution in [3.8, 4) is 0 Å². The Labute approximate surface area is 60.4 Å². The molecule has 1 heterocycles. The van der Waals surface area contributed by atoms with E-state index in [9.17, 15) is 4.39 Å². The van der Waals surface area contributed by atoms with E-state index in [4.69, 9.17) is 0 Å². The van der Waals surface area contributed by atoms with E-state index in [1.807, 2.05) is 0 Å². The number of alkyl halides is 1. The molecule has 0 aromatic carbocycles. The molecule has 0 radical (unpaired) electrons. The Morgan fingerprint density at radius 1 is 1.44 bits per heavy atom. The van der Waals surface area contributed by atoms with Crippen LogP contribution in [0.2, 0.25) is 0 Å². The van der Waals surface area contributed by atoms with E-state index in [1.54, 1.807) is 0 Å². The molecule has 3 heteroatoms. The predicted molar refractivity (Wildman–Crippen MR) is 36.7 cm³/mol. The molecule has 0 aromatic heterocycles. The molecule has 1 aliphatic heterocycles. The minimum atomic E-state index is -0.539. The van der Waals surface area contributed by atoms with Crippen LogP contribution < -0.4 is 5.32 Å². The zero-order valence-corrected chi connectivity index (χ0v) is 6.01. The van der Waals surface area contributed by atoms with Crippen molar-refractivity contribution < 1.29 is 4.39 Å². The molecule has 0 amide bonds. The lowest BCUT2D eigenvalue weighted by atomic mass is 10.1. The highest BCUT2D eigenvalue weighted by atomic mass is 35.5. The fourth-order valence-corrected chi connectivity index (χ4v) is 1.43. The molecule has 1 spiro atoms. The Morgan fingerprint density at radius 3 is 2.33 bits per heavy atom. The van der Waals surface area contributed by atoms with Gasteiger partial charge in [-0.2, -0.15) is 0 Å². The molecule has 2 aliphatic rings. The van der Waals surface area contributed by atoms with E-state index in [-0.39, 0.29) is 17.8 Å². The molecule has 54 valence electrons. The highest BCUT2D eigenvalue weighted by Crippen LogP contribution is 2.51. The van der Waals surface area contributed by atoms with Crippen LogP contribution in [0.25, 0.3) is 0 Å². The smallest absolute Gasteiger partial charge is 0.119 e. The Hall–Kier alpha value is 0.180. The Kier molecular flexibility index (Phi) is 1.70. The molecule has 2 fully saturated rings. The third-order valence-electron chi connectivity index (χ3n) is 2.36. The van der Waals surface area contributed by atoms with Gasteiger partial charge in [-0.3, -0.25) is 0 Å². The molecule has 1 atom stereocenters. The van der Waals surface area contributed by atoms with Gasteiger partial charge in [-0.05, 0) is 12.8 Å². The summed E-state index contributed by atoms with van der Waals surface area (Å²) in [6, 6.07) is 0. The highest BCUT2D eigenvalue weighted by molar-refractivity contribution is 5.85. The minimum absolute atomic E-state index is 0. The molecule has 1 aliphatic carbocycles. The molecule has 0 bridgehead atoms. The van der Waals surface area contributed by atoms with E-state index in [0.717, 1.165) is 19.4 Å². The van der Waals surface area contributed by atoms with Gasteiger partial charge in [-0.25, -0.2) is 4.39 Å². The lowest BCUT2D eigenvalue weighted by Crippen LogP contribution is -2.12. The maximum Gasteiger partial charge on any atom is 0.119 e. The SMILES string of the molecule is Cl.FC1CNCC12CC2. The number of nitrogens with one attached hydrogen (secondary N) is 1. The van der Waals surface area contributed by atoms with Crippen LogP contribution in [-0.4, -0.2) is 19.3 Å². The van der Waals surface area contributed by atoms with Gasteiger partial charge in [0.25, 0.3) is 0 Å². The molecule has 1 saturated carbocycles. The second-order valence-corrected chi connectivity index (χ2v) is 2.96. The molecule has 1 unspecified atom stereocenters. The monoisotopic (exact) mass is 151 g/mol. The van der Waals surface area contributed by atoms with Crippen LogP contribution in [0.5, 0.6) is 0 Å². The van der Waals surface area contributed by atoms with Crippen LogP contribution in [0.4, 0.5) is 4.39 Å². The minimum Gasteiger partial charge on any atom is -0.313 e. The lowest BCUT2D eigenvalue weighted by molar-refractivity contribution is 0.267. The first-order valence-electron chi connectivity index (χ1n) is 3.18. The first-order chi connectivity index (χ1) is 3.83. The Balaban J connectivity index is 0.000000405. The van der Waals surface area contributed by atoms with Crippen LogP contribution in [0.15, 0.2) is 0 Å². The maximum absolute atomic E-state index is 12.7. The van der Waals surface area contributed by atoms with Crippen molar-refractivity contribution in [2.45, 2.75) is 19.0 Å². The van der Waals surface area contributed by atoms with E-state index < -0.39 is 6.17 Å². The van der Waals surface area contributed by atoms with Gasteiger partial charge in [0.2, 0.25) is 0 Å². The molecule has 1 saturated heterocycles. The summed E-state index contributed by atoms with van der Waals surface area (Å²) in [4.78, 5) is 0. The summed E-state index contributed by atoms with van der Waals surface area (Å²) in [6.45, 7) is 1.52. The van der Waals surface area contributed by atoms with Crippen molar-refractivity contribution in [3.05, 3.63) is 0 Å². The molecule has 1 N–H and O–H groups in total. The van der Waals surface area contributed by atoms with E-state index in [0.29, 0.717) is 6.54 Å². The zero-order valence-electron chi connectivity index (χ0n) is 5.19. The number of hydrogen-bond acceptors (Lipinski definition) is 1. The summed E-state index contributed by atoms with van der Waals surface area (Å²) in [5, 5.41) is 3.05. The Morgan fingerprint density at radius 2 is 2.11 bits per heavy atom. The first kappa shape index (κ1) is 7.29. The van der Waals surface area contributed by atoms with Gasteiger partial charge in [0.15, 0.2) is 0 Å². The van der Waals surface area contributed by atoms with Crippen LogP contribution in [0.3, 0.4) is 0 Å². The average molecular weight is 152 g/mol. The van der Waals surface area contributed by atoms with Gasteiger partial charge in [-0.15, -0.1) is 12.4 Å². The van der Waals surface area contributed by atoms with Crippen molar-refractivity contribution >= 4 is 12.4 Å². The van der Waals surface area contributed by atoms with E-state index in [2.05, 4.69) is 5.32 Å². The third-order valence-corrected chi connectivity index (χ3v) is 2.36. The maximum atomic E-state index is 12.7. The van der Waals surface area contributed by atoms with Crippen LogP contribution >= 0.6 is 12.4 Å². The van der Waals surface area contributed by atoms with Crippen LogP contribution in [-0.2, 0) is 0 Å². The molecule has 0 aromatic rings. The summed E-state index contributed by atoms with van der Waals surface area (Å²) >= 11 is 0. The van der Waals surface area contributed by atoms with Gasteiger partial charge in [-0.1, -0.05) is 0 Å². The number of halogens is 2. The predicted octanol–water partition coefficient (Wildman–Crippen LogP) is 1.13. The largest absolute Gasteiger partial charge is 0.313 e. The van der Waals surface area contributed by atoms with E-state index >= 15 is 0 Å². The Bertz CT molecular complexity index is 114. The quantitative estimate of drug-likeness (QED) is 0.548. The van der Waals surface area contributed by atoms with Crippen LogP contribution in [0.1, 0.15) is 12.8 Å². The highest BCUT2D eigenvalue weighted by Gasteiger charge is 2.52. The molecular formula is C6H11ClFN.